The molecule has 6 nitrogen and oxygen atoms in total. The number of nitrogens with zero attached hydrogens (tertiary/aromatic N) is 2. The Morgan fingerprint density at radius 3 is 2.43 bits per heavy atom. The van der Waals surface area contributed by atoms with E-state index in [-0.39, 0.29) is 17.9 Å². The second kappa shape index (κ2) is 5.55. The van der Waals surface area contributed by atoms with Gasteiger partial charge in [0.1, 0.15) is 6.29 Å². The number of anilines is 2. The number of imide groups is 1. The third-order valence-corrected chi connectivity index (χ3v) is 4.00. The first-order chi connectivity index (χ1) is 10.2. The minimum absolute atomic E-state index is 0.114. The summed E-state index contributed by atoms with van der Waals surface area (Å²) in [5.74, 6) is -0.117. The van der Waals surface area contributed by atoms with Gasteiger partial charge in [-0.1, -0.05) is 0 Å². The van der Waals surface area contributed by atoms with Crippen LogP contribution in [0.1, 0.15) is 12.8 Å². The summed E-state index contributed by atoms with van der Waals surface area (Å²) in [6.07, 6.45) is 2.23. The largest absolute Gasteiger partial charge is 0.371 e. The maximum absolute atomic E-state index is 11.8. The number of urea groups is 1. The van der Waals surface area contributed by atoms with Crippen molar-refractivity contribution in [3.8, 4) is 0 Å². The minimum Gasteiger partial charge on any atom is -0.371 e. The molecule has 0 aliphatic carbocycles. The average Bonchev–Trinajstić information content (AvgIpc) is 2.96. The molecule has 0 bridgehead atoms. The Morgan fingerprint density at radius 1 is 1.10 bits per heavy atom. The number of benzene rings is 1. The van der Waals surface area contributed by atoms with Gasteiger partial charge >= 0.3 is 6.03 Å². The molecule has 0 radical (unpaired) electrons. The first-order valence-corrected chi connectivity index (χ1v) is 7.09. The fraction of sp³-hybridized carbons (Fsp3) is 0.400. The fourth-order valence-electron chi connectivity index (χ4n) is 2.79. The van der Waals surface area contributed by atoms with Crippen LogP contribution < -0.4 is 15.1 Å². The standard InChI is InChI=1S/C15H17N3O3/c19-10-11-5-7-17(9-11)12-1-3-13(4-2-12)18-8-6-14(20)16-15(18)21/h1-4,10-11H,5-9H2,(H,16,20,21)/t11-/m1/s1. The normalized spacial score (nSPS) is 22.4. The molecule has 6 heteroatoms. The zero-order valence-electron chi connectivity index (χ0n) is 11.6. The van der Waals surface area contributed by atoms with Crippen molar-refractivity contribution in [2.24, 2.45) is 5.92 Å². The van der Waals surface area contributed by atoms with E-state index < -0.39 is 0 Å². The van der Waals surface area contributed by atoms with E-state index in [1.807, 2.05) is 24.3 Å². The Hall–Kier alpha value is -2.37. The Balaban J connectivity index is 1.71. The van der Waals surface area contributed by atoms with Crippen LogP contribution in [-0.4, -0.2) is 37.9 Å². The van der Waals surface area contributed by atoms with Gasteiger partial charge in [-0.3, -0.25) is 15.0 Å². The van der Waals surface area contributed by atoms with E-state index >= 15 is 0 Å². The van der Waals surface area contributed by atoms with Crippen LogP contribution in [0.4, 0.5) is 16.2 Å². The topological polar surface area (TPSA) is 69.7 Å². The van der Waals surface area contributed by atoms with Gasteiger partial charge in [-0.2, -0.15) is 0 Å². The third kappa shape index (κ3) is 2.74. The summed E-state index contributed by atoms with van der Waals surface area (Å²) in [7, 11) is 0. The first kappa shape index (κ1) is 13.6. The van der Waals surface area contributed by atoms with Crippen LogP contribution in [0.3, 0.4) is 0 Å². The van der Waals surface area contributed by atoms with Crippen molar-refractivity contribution in [2.75, 3.05) is 29.4 Å². The van der Waals surface area contributed by atoms with E-state index in [0.717, 1.165) is 37.2 Å². The molecule has 1 N–H and O–H groups in total. The van der Waals surface area contributed by atoms with Crippen molar-refractivity contribution in [3.63, 3.8) is 0 Å². The van der Waals surface area contributed by atoms with Crippen LogP contribution in [-0.2, 0) is 9.59 Å². The number of nitrogens with one attached hydrogen (secondary N) is 1. The van der Waals surface area contributed by atoms with Crippen molar-refractivity contribution in [2.45, 2.75) is 12.8 Å². The van der Waals surface area contributed by atoms with E-state index in [4.69, 9.17) is 0 Å². The smallest absolute Gasteiger partial charge is 0.328 e. The van der Waals surface area contributed by atoms with Crippen LogP contribution >= 0.6 is 0 Å². The molecular formula is C15H17N3O3. The quantitative estimate of drug-likeness (QED) is 0.847. The summed E-state index contributed by atoms with van der Waals surface area (Å²) in [5.41, 5.74) is 1.83. The number of carbonyl (C=O) groups is 3. The molecule has 3 rings (SSSR count). The Morgan fingerprint density at radius 2 is 1.81 bits per heavy atom. The minimum atomic E-state index is -0.374. The molecule has 1 atom stereocenters. The monoisotopic (exact) mass is 287 g/mol. The van der Waals surface area contributed by atoms with E-state index in [2.05, 4.69) is 10.2 Å². The molecule has 21 heavy (non-hydrogen) atoms. The van der Waals surface area contributed by atoms with Gasteiger partial charge < -0.3 is 9.69 Å². The molecule has 2 aliphatic heterocycles. The van der Waals surface area contributed by atoms with Crippen LogP contribution in [0.25, 0.3) is 0 Å². The number of aldehydes is 1. The second-order valence-corrected chi connectivity index (χ2v) is 5.40. The molecule has 110 valence electrons. The highest BCUT2D eigenvalue weighted by Gasteiger charge is 2.25. The van der Waals surface area contributed by atoms with Crippen LogP contribution in [0.15, 0.2) is 24.3 Å². The number of hydrogen-bond donors (Lipinski definition) is 1. The van der Waals surface area contributed by atoms with Crippen molar-refractivity contribution >= 4 is 29.6 Å². The Kier molecular flexibility index (Phi) is 3.60. The lowest BCUT2D eigenvalue weighted by molar-refractivity contribution is -0.120. The van der Waals surface area contributed by atoms with Gasteiger partial charge in [0.05, 0.1) is 0 Å². The summed E-state index contributed by atoms with van der Waals surface area (Å²) in [6, 6.07) is 7.28. The summed E-state index contributed by atoms with van der Waals surface area (Å²) in [6.45, 7) is 2.03. The lowest BCUT2D eigenvalue weighted by Crippen LogP contribution is -2.49. The summed E-state index contributed by atoms with van der Waals surface area (Å²) in [4.78, 5) is 37.4. The first-order valence-electron chi connectivity index (χ1n) is 7.09. The van der Waals surface area contributed by atoms with Gasteiger partial charge in [0, 0.05) is 43.3 Å². The molecule has 2 aliphatic rings. The number of hydrogen-bond acceptors (Lipinski definition) is 4. The third-order valence-electron chi connectivity index (χ3n) is 4.00. The van der Waals surface area contributed by atoms with Gasteiger partial charge in [-0.05, 0) is 30.7 Å². The molecule has 1 aromatic rings. The Labute approximate surface area is 122 Å². The van der Waals surface area contributed by atoms with Gasteiger partial charge in [0.25, 0.3) is 0 Å². The van der Waals surface area contributed by atoms with Crippen LogP contribution in [0, 0.1) is 5.92 Å². The maximum atomic E-state index is 11.8. The molecule has 0 aromatic heterocycles. The van der Waals surface area contributed by atoms with Crippen LogP contribution in [0.5, 0.6) is 0 Å². The lowest BCUT2D eigenvalue weighted by Gasteiger charge is -2.27. The fourth-order valence-corrected chi connectivity index (χ4v) is 2.79. The predicted octanol–water partition coefficient (Wildman–Crippen LogP) is 1.16. The van der Waals surface area contributed by atoms with Gasteiger partial charge in [-0.25, -0.2) is 4.79 Å². The van der Waals surface area contributed by atoms with Crippen molar-refractivity contribution in [1.29, 1.82) is 0 Å². The zero-order valence-corrected chi connectivity index (χ0v) is 11.6. The maximum Gasteiger partial charge on any atom is 0.328 e. The van der Waals surface area contributed by atoms with E-state index in [1.165, 1.54) is 0 Å². The van der Waals surface area contributed by atoms with Crippen molar-refractivity contribution < 1.29 is 14.4 Å². The van der Waals surface area contributed by atoms with Crippen LogP contribution in [0.2, 0.25) is 0 Å². The molecular weight excluding hydrogens is 270 g/mol. The number of amides is 3. The van der Waals surface area contributed by atoms with Gasteiger partial charge in [0.2, 0.25) is 5.91 Å². The molecule has 1 aromatic carbocycles. The molecule has 3 amide bonds. The number of rotatable bonds is 3. The van der Waals surface area contributed by atoms with E-state index in [1.54, 1.807) is 4.90 Å². The molecule has 0 unspecified atom stereocenters. The molecule has 2 fully saturated rings. The number of carbonyl (C=O) groups excluding carboxylic acids is 3. The molecule has 2 heterocycles. The average molecular weight is 287 g/mol. The lowest BCUT2D eigenvalue weighted by atomic mass is 10.1. The predicted molar refractivity (Wildman–Crippen MR) is 78.3 cm³/mol. The van der Waals surface area contributed by atoms with Gasteiger partial charge in [-0.15, -0.1) is 0 Å². The SMILES string of the molecule is O=C[C@@H]1CCN(c2ccc(N3CCC(=O)NC3=O)cc2)C1. The van der Waals surface area contributed by atoms with Gasteiger partial charge in [0.15, 0.2) is 0 Å². The second-order valence-electron chi connectivity index (χ2n) is 5.40. The molecule has 0 saturated carbocycles. The van der Waals surface area contributed by atoms with E-state index in [9.17, 15) is 14.4 Å². The Bertz CT molecular complexity index is 570. The highest BCUT2D eigenvalue weighted by Crippen LogP contribution is 2.26. The molecule has 0 spiro atoms. The summed E-state index contributed by atoms with van der Waals surface area (Å²) >= 11 is 0. The highest BCUT2D eigenvalue weighted by molar-refractivity contribution is 6.05. The highest BCUT2D eigenvalue weighted by atomic mass is 16.2. The van der Waals surface area contributed by atoms with Crippen molar-refractivity contribution in [1.82, 2.24) is 5.32 Å². The van der Waals surface area contributed by atoms with Crippen molar-refractivity contribution in [3.05, 3.63) is 24.3 Å². The summed E-state index contributed by atoms with van der Waals surface area (Å²) < 4.78 is 0. The zero-order chi connectivity index (χ0) is 14.8. The summed E-state index contributed by atoms with van der Waals surface area (Å²) in [5, 5.41) is 2.31. The van der Waals surface area contributed by atoms with E-state index in [0.29, 0.717) is 13.0 Å². The molecule has 2 saturated heterocycles.